The van der Waals surface area contributed by atoms with Gasteiger partial charge >= 0.3 is 6.09 Å². The van der Waals surface area contributed by atoms with E-state index in [-0.39, 0.29) is 37.1 Å². The van der Waals surface area contributed by atoms with Gasteiger partial charge in [0.25, 0.3) is 5.91 Å². The second-order valence-electron chi connectivity index (χ2n) is 18.0. The van der Waals surface area contributed by atoms with Crippen molar-refractivity contribution in [2.45, 2.75) is 158 Å². The van der Waals surface area contributed by atoms with E-state index in [1.165, 1.54) is 4.90 Å². The maximum atomic E-state index is 15.0. The van der Waals surface area contributed by atoms with Crippen molar-refractivity contribution in [3.05, 3.63) is 30.0 Å². The molecule has 2 bridgehead atoms. The predicted octanol–water partition coefficient (Wildman–Crippen LogP) is 5.45. The van der Waals surface area contributed by atoms with E-state index < -0.39 is 68.4 Å². The Kier molecular flexibility index (Phi) is 11.3. The Morgan fingerprint density at radius 1 is 1.02 bits per heavy atom. The first kappa shape index (κ1) is 40.6. The second-order valence-corrected chi connectivity index (χ2v) is 19.9. The second kappa shape index (κ2) is 16.1. The molecule has 0 spiro atoms. The summed E-state index contributed by atoms with van der Waals surface area (Å²) in [6.45, 7) is 3.97. The molecule has 8 rings (SSSR count). The van der Waals surface area contributed by atoms with Gasteiger partial charge in [-0.3, -0.25) is 19.1 Å². The van der Waals surface area contributed by atoms with Gasteiger partial charge in [-0.2, -0.15) is 0 Å². The maximum absolute atomic E-state index is 15.0. The first-order valence-corrected chi connectivity index (χ1v) is 23.2. The van der Waals surface area contributed by atoms with Gasteiger partial charge in [0.05, 0.1) is 30.1 Å². The van der Waals surface area contributed by atoms with Gasteiger partial charge in [0.2, 0.25) is 21.8 Å². The van der Waals surface area contributed by atoms with E-state index in [0.717, 1.165) is 87.2 Å². The van der Waals surface area contributed by atoms with Crippen LogP contribution in [-0.4, -0.2) is 90.3 Å². The summed E-state index contributed by atoms with van der Waals surface area (Å²) < 4.78 is 46.5. The molecule has 6 aliphatic rings. The molecule has 316 valence electrons. The van der Waals surface area contributed by atoms with Crippen molar-refractivity contribution in [2.24, 2.45) is 17.8 Å². The van der Waals surface area contributed by atoms with Crippen LogP contribution in [0.3, 0.4) is 0 Å². The van der Waals surface area contributed by atoms with Crippen molar-refractivity contribution in [1.82, 2.24) is 25.2 Å². The summed E-state index contributed by atoms with van der Waals surface area (Å²) in [4.78, 5) is 63.7. The lowest BCUT2D eigenvalue weighted by Gasteiger charge is -2.35. The number of carbonyl (C=O) groups excluding carboxylic acids is 4. The number of hydrogen-bond acceptors (Lipinski definition) is 10. The molecular weight excluding hydrogens is 763 g/mol. The molecule has 4 amide bonds. The average Bonchev–Trinajstić information content (AvgIpc) is 4.01. The zero-order chi connectivity index (χ0) is 40.8. The Bertz CT molecular complexity index is 2040. The van der Waals surface area contributed by atoms with E-state index in [1.807, 2.05) is 38.1 Å². The summed E-state index contributed by atoms with van der Waals surface area (Å²) in [6.07, 6.45) is 11.1. The fourth-order valence-electron chi connectivity index (χ4n) is 10.3. The third-order valence-corrected chi connectivity index (χ3v) is 15.9. The summed E-state index contributed by atoms with van der Waals surface area (Å²) in [6, 6.07) is 5.68. The third-order valence-electron chi connectivity index (χ3n) is 14.0. The topological polar surface area (TPSA) is 182 Å². The van der Waals surface area contributed by atoms with Crippen molar-refractivity contribution in [3.63, 3.8) is 0 Å². The Balaban J connectivity index is 1.14. The summed E-state index contributed by atoms with van der Waals surface area (Å²) in [7, 11) is -2.25. The predicted molar refractivity (Wildman–Crippen MR) is 215 cm³/mol. The van der Waals surface area contributed by atoms with Gasteiger partial charge in [0.15, 0.2) is 0 Å². The lowest BCUT2D eigenvalue weighted by Crippen LogP contribution is -2.59. The number of pyridine rings is 1. The molecule has 1 saturated heterocycles. The van der Waals surface area contributed by atoms with Crippen molar-refractivity contribution in [3.8, 4) is 11.5 Å². The fraction of sp³-hybridized carbons (Fsp3) is 0.698. The van der Waals surface area contributed by atoms with Crippen LogP contribution in [0.25, 0.3) is 10.9 Å². The molecule has 4 saturated carbocycles. The standard InChI is InChI=1S/C43H59N5O9S/c1-4-28-24-43(28,40(51)47-58(53,54)32-17-18-32)46-38(49)35-23-31-25-48(35)39(50)37(26-11-8-9-12-26)45-41(52)57-42(2)20-10-14-29(42)13-6-5-7-15-34-36(56-31)22-27-21-30(55-3)16-19-33(27)44-34/h16,19,21-22,26,28-29,31-32,35,37H,4-15,17-18,20,23-25H2,1-3H3,(H,45,52)(H,46,49)(H,47,51)/t28-,29?,31-,35+,37+,42-,43-/m1/s1. The molecule has 3 N–H and O–H groups in total. The van der Waals surface area contributed by atoms with E-state index in [9.17, 15) is 27.6 Å². The van der Waals surface area contributed by atoms with E-state index >= 15 is 0 Å². The molecule has 1 aromatic carbocycles. The number of nitrogens with zero attached hydrogens (tertiary/aromatic N) is 2. The highest BCUT2D eigenvalue weighted by Gasteiger charge is 2.62. The number of alkyl carbamates (subject to hydrolysis) is 1. The summed E-state index contributed by atoms with van der Waals surface area (Å²) in [5.74, 6) is -0.652. The normalized spacial score (nSPS) is 32.2. The third kappa shape index (κ3) is 8.21. The van der Waals surface area contributed by atoms with E-state index in [2.05, 4.69) is 15.4 Å². The molecule has 1 unspecified atom stereocenters. The van der Waals surface area contributed by atoms with Gasteiger partial charge in [0.1, 0.15) is 40.8 Å². The number of fused-ring (bicyclic) bond motifs is 5. The van der Waals surface area contributed by atoms with Crippen LogP contribution >= 0.6 is 0 Å². The zero-order valence-electron chi connectivity index (χ0n) is 34.1. The van der Waals surface area contributed by atoms with Crippen molar-refractivity contribution in [2.75, 3.05) is 13.7 Å². The van der Waals surface area contributed by atoms with Gasteiger partial charge in [-0.1, -0.05) is 39.0 Å². The highest BCUT2D eigenvalue weighted by molar-refractivity contribution is 7.91. The van der Waals surface area contributed by atoms with Crippen LogP contribution in [0.4, 0.5) is 4.79 Å². The van der Waals surface area contributed by atoms with Gasteiger partial charge in [-0.15, -0.1) is 0 Å². The minimum atomic E-state index is -3.86. The highest BCUT2D eigenvalue weighted by atomic mass is 32.2. The van der Waals surface area contributed by atoms with Crippen LogP contribution in [0.1, 0.15) is 122 Å². The van der Waals surface area contributed by atoms with Gasteiger partial charge in [-0.25, -0.2) is 18.2 Å². The molecule has 0 radical (unpaired) electrons. The number of hydrogen-bond donors (Lipinski definition) is 3. The molecule has 14 nitrogen and oxygen atoms in total. The number of nitrogens with one attached hydrogen (secondary N) is 3. The monoisotopic (exact) mass is 821 g/mol. The van der Waals surface area contributed by atoms with Crippen molar-refractivity contribution >= 4 is 44.7 Å². The maximum Gasteiger partial charge on any atom is 0.408 e. The Morgan fingerprint density at radius 2 is 1.78 bits per heavy atom. The SMILES string of the molecule is CC[C@@H]1C[C@]1(NC(=O)[C@@H]1C[C@@H]2CN1C(=O)[C@H](C1CCCC1)NC(=O)O[C@]1(C)CCCC1CCCCCc1nc3ccc(OC)cc3cc1O2)C(=O)NS(=O)(=O)C1CC1. The largest absolute Gasteiger partial charge is 0.497 e. The summed E-state index contributed by atoms with van der Waals surface area (Å²) in [5.41, 5.74) is -0.459. The Labute approximate surface area is 341 Å². The smallest absolute Gasteiger partial charge is 0.408 e. The van der Waals surface area contributed by atoms with Crippen LogP contribution in [0.5, 0.6) is 11.5 Å². The summed E-state index contributed by atoms with van der Waals surface area (Å²) >= 11 is 0. The van der Waals surface area contributed by atoms with Crippen molar-refractivity contribution in [1.29, 1.82) is 0 Å². The fourth-order valence-corrected chi connectivity index (χ4v) is 11.7. The van der Waals surface area contributed by atoms with Crippen LogP contribution in [-0.2, 0) is 35.6 Å². The average molecular weight is 822 g/mol. The number of aromatic nitrogens is 1. The van der Waals surface area contributed by atoms with Crippen LogP contribution < -0.4 is 24.8 Å². The summed E-state index contributed by atoms with van der Waals surface area (Å²) in [5, 5.41) is 6.17. The van der Waals surface area contributed by atoms with Gasteiger partial charge < -0.3 is 29.7 Å². The van der Waals surface area contributed by atoms with Gasteiger partial charge in [-0.05, 0) is 120 Å². The number of aryl methyl sites for hydroxylation is 1. The number of methoxy groups -OCH3 is 1. The van der Waals surface area contributed by atoms with Crippen LogP contribution in [0.2, 0.25) is 0 Å². The first-order chi connectivity index (χ1) is 27.8. The number of ether oxygens (including phenoxy) is 3. The highest BCUT2D eigenvalue weighted by Crippen LogP contribution is 2.47. The molecule has 3 heterocycles. The lowest BCUT2D eigenvalue weighted by atomic mass is 9.87. The molecule has 2 aromatic rings. The quantitative estimate of drug-likeness (QED) is 0.310. The van der Waals surface area contributed by atoms with E-state index in [4.69, 9.17) is 19.2 Å². The lowest BCUT2D eigenvalue weighted by molar-refractivity contribution is -0.142. The number of benzene rings is 1. The number of carbonyl (C=O) groups is 4. The minimum absolute atomic E-state index is 0.0543. The first-order valence-electron chi connectivity index (χ1n) is 21.6. The molecular formula is C43H59N5O9S. The van der Waals surface area contributed by atoms with Gasteiger partial charge in [0, 0.05) is 11.8 Å². The molecule has 1 aromatic heterocycles. The minimum Gasteiger partial charge on any atom is -0.497 e. The molecule has 4 aliphatic carbocycles. The molecule has 5 fully saturated rings. The van der Waals surface area contributed by atoms with Crippen molar-refractivity contribution < 1.29 is 41.8 Å². The number of rotatable bonds is 8. The van der Waals surface area contributed by atoms with E-state index in [1.54, 1.807) is 7.11 Å². The molecule has 15 heteroatoms. The zero-order valence-corrected chi connectivity index (χ0v) is 34.9. The molecule has 58 heavy (non-hydrogen) atoms. The number of sulfonamides is 1. The van der Waals surface area contributed by atoms with Crippen LogP contribution in [0.15, 0.2) is 24.3 Å². The van der Waals surface area contributed by atoms with E-state index in [0.29, 0.717) is 37.2 Å². The Morgan fingerprint density at radius 3 is 2.50 bits per heavy atom. The molecule has 7 atom stereocenters. The Hall–Kier alpha value is -4.14. The number of amides is 4. The molecule has 2 aliphatic heterocycles. The van der Waals surface area contributed by atoms with Crippen LogP contribution in [0, 0.1) is 17.8 Å².